The third-order valence-corrected chi connectivity index (χ3v) is 2.38. The van der Waals surface area contributed by atoms with E-state index in [2.05, 4.69) is 31.4 Å². The van der Waals surface area contributed by atoms with Gasteiger partial charge in [0.1, 0.15) is 0 Å². The van der Waals surface area contributed by atoms with Crippen molar-refractivity contribution in [3.63, 3.8) is 0 Å². The van der Waals surface area contributed by atoms with Gasteiger partial charge in [-0.25, -0.2) is 4.79 Å². The molecule has 0 fully saturated rings. The summed E-state index contributed by atoms with van der Waals surface area (Å²) in [7, 11) is 0. The van der Waals surface area contributed by atoms with Gasteiger partial charge in [0.15, 0.2) is 0 Å². The zero-order valence-corrected chi connectivity index (χ0v) is 11.7. The molecule has 0 saturated carbocycles. The number of carbonyl (C=O) groups excluding carboxylic acids is 1. The Kier molecular flexibility index (Phi) is 8.16. The van der Waals surface area contributed by atoms with E-state index < -0.39 is 5.97 Å². The first-order valence-electron chi connectivity index (χ1n) is 6.55. The second-order valence-corrected chi connectivity index (χ2v) is 5.73. The topological polar surface area (TPSA) is 78.4 Å². The molecule has 5 heteroatoms. The number of amides is 2. The van der Waals surface area contributed by atoms with Gasteiger partial charge in [-0.05, 0) is 18.3 Å². The van der Waals surface area contributed by atoms with Crippen LogP contribution < -0.4 is 10.6 Å². The van der Waals surface area contributed by atoms with E-state index in [0.717, 1.165) is 19.3 Å². The molecule has 0 spiro atoms. The SMILES string of the molecule is CC(C)(C)CNC(=O)NCCCCCCC(=O)O. The number of carboxylic acid groups (broad SMARTS) is 1. The Hall–Kier alpha value is -1.26. The molecule has 0 saturated heterocycles. The van der Waals surface area contributed by atoms with Crippen molar-refractivity contribution >= 4 is 12.0 Å². The maximum absolute atomic E-state index is 11.4. The van der Waals surface area contributed by atoms with Gasteiger partial charge in [0.05, 0.1) is 0 Å². The van der Waals surface area contributed by atoms with Gasteiger partial charge < -0.3 is 15.7 Å². The van der Waals surface area contributed by atoms with Crippen molar-refractivity contribution in [2.24, 2.45) is 5.41 Å². The van der Waals surface area contributed by atoms with E-state index in [1.165, 1.54) is 0 Å². The molecule has 0 aromatic carbocycles. The number of urea groups is 1. The van der Waals surface area contributed by atoms with E-state index >= 15 is 0 Å². The van der Waals surface area contributed by atoms with Gasteiger partial charge >= 0.3 is 12.0 Å². The van der Waals surface area contributed by atoms with Gasteiger partial charge in [-0.3, -0.25) is 4.79 Å². The second kappa shape index (κ2) is 8.78. The largest absolute Gasteiger partial charge is 0.481 e. The summed E-state index contributed by atoms with van der Waals surface area (Å²) in [4.78, 5) is 21.6. The summed E-state index contributed by atoms with van der Waals surface area (Å²) in [5, 5.41) is 14.0. The van der Waals surface area contributed by atoms with Crippen LogP contribution in [0.5, 0.6) is 0 Å². The summed E-state index contributed by atoms with van der Waals surface area (Å²) in [6, 6.07) is -0.129. The van der Waals surface area contributed by atoms with Crippen LogP contribution in [0.4, 0.5) is 4.79 Å². The fourth-order valence-electron chi connectivity index (χ4n) is 1.36. The van der Waals surface area contributed by atoms with Crippen molar-refractivity contribution in [3.05, 3.63) is 0 Å². The number of hydrogen-bond donors (Lipinski definition) is 3. The molecular formula is C13H26N2O3. The summed E-state index contributed by atoms with van der Waals surface area (Å²) in [6.07, 6.45) is 3.69. The van der Waals surface area contributed by atoms with Crippen LogP contribution in [0.15, 0.2) is 0 Å². The maximum atomic E-state index is 11.4. The number of aliphatic carboxylic acids is 1. The molecule has 0 bridgehead atoms. The molecule has 2 amide bonds. The number of unbranched alkanes of at least 4 members (excludes halogenated alkanes) is 3. The van der Waals surface area contributed by atoms with Gasteiger partial charge in [0, 0.05) is 19.5 Å². The molecule has 0 aliphatic rings. The first-order valence-corrected chi connectivity index (χ1v) is 6.55. The summed E-state index contributed by atoms with van der Waals surface area (Å²) in [6.45, 7) is 7.49. The lowest BCUT2D eigenvalue weighted by atomic mass is 9.97. The molecule has 0 radical (unpaired) electrons. The normalized spacial score (nSPS) is 11.1. The van der Waals surface area contributed by atoms with Gasteiger partial charge in [-0.2, -0.15) is 0 Å². The monoisotopic (exact) mass is 258 g/mol. The van der Waals surface area contributed by atoms with Crippen molar-refractivity contribution < 1.29 is 14.7 Å². The lowest BCUT2D eigenvalue weighted by Crippen LogP contribution is -2.40. The molecule has 0 aliphatic carbocycles. The Balaban J connectivity index is 3.33. The minimum Gasteiger partial charge on any atom is -0.481 e. The minimum absolute atomic E-state index is 0.0914. The molecule has 0 unspecified atom stereocenters. The lowest BCUT2D eigenvalue weighted by Gasteiger charge is -2.18. The lowest BCUT2D eigenvalue weighted by molar-refractivity contribution is -0.137. The first kappa shape index (κ1) is 16.7. The van der Waals surface area contributed by atoms with Gasteiger partial charge in [-0.1, -0.05) is 33.6 Å². The van der Waals surface area contributed by atoms with Crippen LogP contribution in [-0.2, 0) is 4.79 Å². The Morgan fingerprint density at radius 1 is 1.00 bits per heavy atom. The molecule has 3 N–H and O–H groups in total. The minimum atomic E-state index is -0.741. The van der Waals surface area contributed by atoms with Gasteiger partial charge in [0.2, 0.25) is 0 Å². The van der Waals surface area contributed by atoms with Crippen LogP contribution in [0.2, 0.25) is 0 Å². The molecular weight excluding hydrogens is 232 g/mol. The highest BCUT2D eigenvalue weighted by atomic mass is 16.4. The standard InChI is InChI=1S/C13H26N2O3/c1-13(2,3)10-15-12(18)14-9-7-5-4-6-8-11(16)17/h4-10H2,1-3H3,(H,16,17)(H2,14,15,18). The van der Waals surface area contributed by atoms with E-state index in [-0.39, 0.29) is 17.9 Å². The van der Waals surface area contributed by atoms with E-state index in [1.807, 2.05) is 0 Å². The Bertz CT molecular complexity index is 259. The Morgan fingerprint density at radius 2 is 1.61 bits per heavy atom. The quantitative estimate of drug-likeness (QED) is 0.585. The van der Waals surface area contributed by atoms with Gasteiger partial charge in [0.25, 0.3) is 0 Å². The Morgan fingerprint density at radius 3 is 2.17 bits per heavy atom. The second-order valence-electron chi connectivity index (χ2n) is 5.73. The summed E-state index contributed by atoms with van der Waals surface area (Å²) < 4.78 is 0. The molecule has 18 heavy (non-hydrogen) atoms. The first-order chi connectivity index (χ1) is 8.31. The highest BCUT2D eigenvalue weighted by molar-refractivity contribution is 5.73. The van der Waals surface area contributed by atoms with Crippen LogP contribution in [0, 0.1) is 5.41 Å². The van der Waals surface area contributed by atoms with Crippen LogP contribution in [0.25, 0.3) is 0 Å². The van der Waals surface area contributed by atoms with Gasteiger partial charge in [-0.15, -0.1) is 0 Å². The van der Waals surface area contributed by atoms with E-state index in [4.69, 9.17) is 5.11 Å². The average molecular weight is 258 g/mol. The third kappa shape index (κ3) is 12.8. The molecule has 0 heterocycles. The average Bonchev–Trinajstić information content (AvgIpc) is 2.23. The summed E-state index contributed by atoms with van der Waals surface area (Å²) >= 11 is 0. The number of rotatable bonds is 8. The molecule has 0 aliphatic heterocycles. The number of nitrogens with one attached hydrogen (secondary N) is 2. The number of carboxylic acids is 1. The zero-order chi connectivity index (χ0) is 14.0. The number of carbonyl (C=O) groups is 2. The molecule has 0 atom stereocenters. The van der Waals surface area contributed by atoms with Crippen molar-refractivity contribution in [1.82, 2.24) is 10.6 Å². The zero-order valence-electron chi connectivity index (χ0n) is 11.7. The molecule has 0 aromatic heterocycles. The predicted molar refractivity (Wildman–Crippen MR) is 71.6 cm³/mol. The molecule has 0 aromatic rings. The van der Waals surface area contributed by atoms with Crippen LogP contribution >= 0.6 is 0 Å². The highest BCUT2D eigenvalue weighted by Crippen LogP contribution is 2.09. The van der Waals surface area contributed by atoms with Crippen molar-refractivity contribution in [3.8, 4) is 0 Å². The maximum Gasteiger partial charge on any atom is 0.314 e. The third-order valence-electron chi connectivity index (χ3n) is 2.38. The highest BCUT2D eigenvalue weighted by Gasteiger charge is 2.11. The van der Waals surface area contributed by atoms with Crippen LogP contribution in [0.1, 0.15) is 52.9 Å². The van der Waals surface area contributed by atoms with Crippen molar-refractivity contribution in [1.29, 1.82) is 0 Å². The van der Waals surface area contributed by atoms with E-state index in [1.54, 1.807) is 0 Å². The predicted octanol–water partition coefficient (Wildman–Crippen LogP) is 2.37. The number of hydrogen-bond acceptors (Lipinski definition) is 2. The van der Waals surface area contributed by atoms with E-state index in [9.17, 15) is 9.59 Å². The molecule has 5 nitrogen and oxygen atoms in total. The molecule has 0 rings (SSSR count). The smallest absolute Gasteiger partial charge is 0.314 e. The fraction of sp³-hybridized carbons (Fsp3) is 0.846. The van der Waals surface area contributed by atoms with Crippen molar-refractivity contribution in [2.45, 2.75) is 52.9 Å². The Labute approximate surface area is 109 Å². The summed E-state index contributed by atoms with van der Waals surface area (Å²) in [5.41, 5.74) is 0.0914. The van der Waals surface area contributed by atoms with E-state index in [0.29, 0.717) is 19.5 Å². The summed E-state index contributed by atoms with van der Waals surface area (Å²) in [5.74, 6) is -0.741. The van der Waals surface area contributed by atoms with Crippen molar-refractivity contribution in [2.75, 3.05) is 13.1 Å². The van der Waals surface area contributed by atoms with Crippen LogP contribution in [-0.4, -0.2) is 30.2 Å². The fourth-order valence-corrected chi connectivity index (χ4v) is 1.36. The molecule has 106 valence electrons. The van der Waals surface area contributed by atoms with Crippen LogP contribution in [0.3, 0.4) is 0 Å².